The van der Waals surface area contributed by atoms with Crippen molar-refractivity contribution >= 4 is 0 Å². The molecule has 2 aromatic rings. The minimum atomic E-state index is 0.146. The maximum Gasteiger partial charge on any atom is 0.244 e. The molecule has 0 bridgehead atoms. The molecule has 0 unspecified atom stereocenters. The molecular formula is C16H21N3O2. The van der Waals surface area contributed by atoms with Gasteiger partial charge in [-0.3, -0.25) is 4.90 Å². The van der Waals surface area contributed by atoms with Crippen molar-refractivity contribution in [2.45, 2.75) is 31.9 Å². The molecule has 21 heavy (non-hydrogen) atoms. The normalized spacial score (nSPS) is 18.8. The Morgan fingerprint density at radius 3 is 2.62 bits per heavy atom. The van der Waals surface area contributed by atoms with Gasteiger partial charge >= 0.3 is 0 Å². The number of rotatable bonds is 4. The van der Waals surface area contributed by atoms with E-state index in [9.17, 15) is 0 Å². The zero-order valence-corrected chi connectivity index (χ0v) is 12.5. The van der Waals surface area contributed by atoms with Crippen molar-refractivity contribution in [3.05, 3.63) is 36.2 Å². The van der Waals surface area contributed by atoms with Crippen molar-refractivity contribution in [3.8, 4) is 11.4 Å². The van der Waals surface area contributed by atoms with Crippen LogP contribution in [0.2, 0.25) is 0 Å². The van der Waals surface area contributed by atoms with Gasteiger partial charge in [0.1, 0.15) is 0 Å². The van der Waals surface area contributed by atoms with Gasteiger partial charge in [0.25, 0.3) is 0 Å². The molecule has 0 spiro atoms. The lowest BCUT2D eigenvalue weighted by molar-refractivity contribution is 0.0247. The van der Waals surface area contributed by atoms with Gasteiger partial charge in [-0.2, -0.15) is 4.98 Å². The highest BCUT2D eigenvalue weighted by atomic mass is 16.5. The smallest absolute Gasteiger partial charge is 0.244 e. The summed E-state index contributed by atoms with van der Waals surface area (Å²) in [6.07, 6.45) is 2.50. The quantitative estimate of drug-likeness (QED) is 0.865. The summed E-state index contributed by atoms with van der Waals surface area (Å²) < 4.78 is 10.9. The average molecular weight is 287 g/mol. The van der Waals surface area contributed by atoms with Crippen LogP contribution < -0.4 is 0 Å². The van der Waals surface area contributed by atoms with Gasteiger partial charge in [0, 0.05) is 25.8 Å². The molecule has 1 fully saturated rings. The van der Waals surface area contributed by atoms with Crippen LogP contribution >= 0.6 is 0 Å². The molecule has 1 saturated heterocycles. The third-order valence-corrected chi connectivity index (χ3v) is 4.19. The van der Waals surface area contributed by atoms with Crippen LogP contribution in [-0.4, -0.2) is 41.3 Å². The molecule has 1 aliphatic rings. The lowest BCUT2D eigenvalue weighted by atomic mass is 10.1. The summed E-state index contributed by atoms with van der Waals surface area (Å²) in [6.45, 7) is 4.13. The Balaban J connectivity index is 1.69. The summed E-state index contributed by atoms with van der Waals surface area (Å²) in [5.74, 6) is 1.34. The summed E-state index contributed by atoms with van der Waals surface area (Å²) in [5.41, 5.74) is 0.984. The first kappa shape index (κ1) is 14.2. The molecule has 5 heteroatoms. The molecule has 1 atom stereocenters. The number of nitrogens with zero attached hydrogens (tertiary/aromatic N) is 3. The second-order valence-electron chi connectivity index (χ2n) is 5.47. The van der Waals surface area contributed by atoms with Crippen LogP contribution in [0.25, 0.3) is 11.4 Å². The van der Waals surface area contributed by atoms with Crippen LogP contribution in [0.3, 0.4) is 0 Å². The van der Waals surface area contributed by atoms with Crippen LogP contribution in [0.15, 0.2) is 34.9 Å². The summed E-state index contributed by atoms with van der Waals surface area (Å²) >= 11 is 0. The second-order valence-corrected chi connectivity index (χ2v) is 5.47. The number of methoxy groups -OCH3 is 1. The van der Waals surface area contributed by atoms with Crippen LogP contribution in [0.5, 0.6) is 0 Å². The molecule has 0 amide bonds. The fourth-order valence-electron chi connectivity index (χ4n) is 2.76. The molecular weight excluding hydrogens is 266 g/mol. The highest BCUT2D eigenvalue weighted by molar-refractivity contribution is 5.53. The number of ether oxygens (including phenoxy) is 1. The highest BCUT2D eigenvalue weighted by Crippen LogP contribution is 2.25. The minimum absolute atomic E-state index is 0.146. The predicted octanol–water partition coefficient (Wildman–Crippen LogP) is 2.91. The van der Waals surface area contributed by atoms with Crippen molar-refractivity contribution in [2.75, 3.05) is 20.2 Å². The number of benzene rings is 1. The van der Waals surface area contributed by atoms with Gasteiger partial charge in [-0.15, -0.1) is 0 Å². The largest absolute Gasteiger partial charge is 0.381 e. The second kappa shape index (κ2) is 6.37. The van der Waals surface area contributed by atoms with Crippen molar-refractivity contribution in [2.24, 2.45) is 0 Å². The number of hydrogen-bond donors (Lipinski definition) is 0. The topological polar surface area (TPSA) is 51.4 Å². The molecule has 5 nitrogen and oxygen atoms in total. The van der Waals surface area contributed by atoms with E-state index in [4.69, 9.17) is 9.26 Å². The zero-order chi connectivity index (χ0) is 14.7. The molecule has 1 aromatic heterocycles. The van der Waals surface area contributed by atoms with Gasteiger partial charge in [-0.1, -0.05) is 35.5 Å². The van der Waals surface area contributed by atoms with Crippen molar-refractivity contribution in [1.82, 2.24) is 15.0 Å². The van der Waals surface area contributed by atoms with Gasteiger partial charge in [0.2, 0.25) is 11.7 Å². The van der Waals surface area contributed by atoms with Crippen LogP contribution in [-0.2, 0) is 4.74 Å². The Morgan fingerprint density at radius 2 is 1.95 bits per heavy atom. The molecule has 0 aliphatic carbocycles. The first-order chi connectivity index (χ1) is 10.3. The Bertz CT molecular complexity index is 562. The molecule has 1 aliphatic heterocycles. The summed E-state index contributed by atoms with van der Waals surface area (Å²) in [6, 6.07) is 10.1. The molecule has 112 valence electrons. The van der Waals surface area contributed by atoms with E-state index in [1.54, 1.807) is 7.11 Å². The van der Waals surface area contributed by atoms with E-state index < -0.39 is 0 Å². The van der Waals surface area contributed by atoms with Crippen molar-refractivity contribution < 1.29 is 9.26 Å². The molecule has 0 radical (unpaired) electrons. The molecule has 1 aromatic carbocycles. The Kier molecular flexibility index (Phi) is 4.31. The Hall–Kier alpha value is -1.72. The van der Waals surface area contributed by atoms with E-state index in [2.05, 4.69) is 22.0 Å². The van der Waals surface area contributed by atoms with E-state index in [0.717, 1.165) is 31.5 Å². The van der Waals surface area contributed by atoms with Crippen molar-refractivity contribution in [1.29, 1.82) is 0 Å². The van der Waals surface area contributed by atoms with E-state index in [-0.39, 0.29) is 6.04 Å². The van der Waals surface area contributed by atoms with Gasteiger partial charge in [0.15, 0.2) is 0 Å². The number of aromatic nitrogens is 2. The fraction of sp³-hybridized carbons (Fsp3) is 0.500. The Morgan fingerprint density at radius 1 is 1.24 bits per heavy atom. The average Bonchev–Trinajstić information content (AvgIpc) is 3.05. The van der Waals surface area contributed by atoms with E-state index in [0.29, 0.717) is 17.8 Å². The summed E-state index contributed by atoms with van der Waals surface area (Å²) in [7, 11) is 1.79. The third kappa shape index (κ3) is 3.14. The maximum atomic E-state index is 5.45. The molecule has 2 heterocycles. The number of piperidine rings is 1. The predicted molar refractivity (Wildman–Crippen MR) is 79.8 cm³/mol. The molecule has 0 N–H and O–H groups in total. The Labute approximate surface area is 124 Å². The first-order valence-corrected chi connectivity index (χ1v) is 7.44. The van der Waals surface area contributed by atoms with Crippen molar-refractivity contribution in [3.63, 3.8) is 0 Å². The lowest BCUT2D eigenvalue weighted by Crippen LogP contribution is -2.38. The maximum absolute atomic E-state index is 5.45. The van der Waals surface area contributed by atoms with E-state index >= 15 is 0 Å². The first-order valence-electron chi connectivity index (χ1n) is 7.44. The summed E-state index contributed by atoms with van der Waals surface area (Å²) in [5, 5.41) is 4.10. The van der Waals surface area contributed by atoms with Gasteiger partial charge < -0.3 is 9.26 Å². The van der Waals surface area contributed by atoms with E-state index in [1.807, 2.05) is 30.3 Å². The van der Waals surface area contributed by atoms with Gasteiger partial charge in [0.05, 0.1) is 12.1 Å². The van der Waals surface area contributed by atoms with E-state index in [1.165, 1.54) is 0 Å². The SMILES string of the molecule is COC1CCN([C@H](C)c2nc(-c3ccccc3)no2)CC1. The molecule has 0 saturated carbocycles. The highest BCUT2D eigenvalue weighted by Gasteiger charge is 2.26. The van der Waals surface area contributed by atoms with Crippen LogP contribution in [0, 0.1) is 0 Å². The third-order valence-electron chi connectivity index (χ3n) is 4.19. The number of likely N-dealkylation sites (tertiary alicyclic amines) is 1. The lowest BCUT2D eigenvalue weighted by Gasteiger charge is -2.33. The molecule has 3 rings (SSSR count). The monoisotopic (exact) mass is 287 g/mol. The zero-order valence-electron chi connectivity index (χ0n) is 12.5. The fourth-order valence-corrected chi connectivity index (χ4v) is 2.76. The van der Waals surface area contributed by atoms with Crippen LogP contribution in [0.1, 0.15) is 31.7 Å². The number of hydrogen-bond acceptors (Lipinski definition) is 5. The van der Waals surface area contributed by atoms with Gasteiger partial charge in [-0.25, -0.2) is 0 Å². The van der Waals surface area contributed by atoms with Crippen LogP contribution in [0.4, 0.5) is 0 Å². The minimum Gasteiger partial charge on any atom is -0.381 e. The van der Waals surface area contributed by atoms with Gasteiger partial charge in [-0.05, 0) is 19.8 Å². The summed E-state index contributed by atoms with van der Waals surface area (Å²) in [4.78, 5) is 6.92. The standard InChI is InChI=1S/C16H21N3O2/c1-12(19-10-8-14(20-2)9-11-19)16-17-15(18-21-16)13-6-4-3-5-7-13/h3-7,12,14H,8-11H2,1-2H3/t12-/m1/s1.